The van der Waals surface area contributed by atoms with Crippen LogP contribution in [0.2, 0.25) is 0 Å². The Morgan fingerprint density at radius 1 is 1.19 bits per heavy atom. The van der Waals surface area contributed by atoms with Gasteiger partial charge in [-0.1, -0.05) is 30.3 Å². The molecule has 0 bridgehead atoms. The highest BCUT2D eigenvalue weighted by molar-refractivity contribution is 9.10. The largest absolute Gasteiger partial charge is 0.330 e. The molecule has 0 aliphatic carbocycles. The van der Waals surface area contributed by atoms with Crippen molar-refractivity contribution in [3.05, 3.63) is 56.7 Å². The Hall–Kier alpha value is -0.390. The van der Waals surface area contributed by atoms with Gasteiger partial charge in [0.2, 0.25) is 0 Å². The smallest absolute Gasteiger partial charge is 0.0339 e. The highest BCUT2D eigenvalue weighted by Gasteiger charge is 2.32. The molecule has 1 aromatic carbocycles. The van der Waals surface area contributed by atoms with E-state index in [1.54, 1.807) is 0 Å². The summed E-state index contributed by atoms with van der Waals surface area (Å²) in [4.78, 5) is 3.95. The minimum absolute atomic E-state index is 0. The first-order chi connectivity index (χ1) is 9.78. The molecule has 114 valence electrons. The molecule has 2 nitrogen and oxygen atoms in total. The van der Waals surface area contributed by atoms with Crippen LogP contribution in [0, 0.1) is 5.92 Å². The summed E-state index contributed by atoms with van der Waals surface area (Å²) in [5.74, 6) is 1.14. The van der Waals surface area contributed by atoms with E-state index in [1.165, 1.54) is 14.9 Å². The van der Waals surface area contributed by atoms with Gasteiger partial charge in [0.1, 0.15) is 0 Å². The highest BCUT2D eigenvalue weighted by Crippen LogP contribution is 2.34. The molecule has 2 aromatic rings. The van der Waals surface area contributed by atoms with Crippen molar-refractivity contribution in [2.24, 2.45) is 11.7 Å². The van der Waals surface area contributed by atoms with Gasteiger partial charge in [0.15, 0.2) is 0 Å². The van der Waals surface area contributed by atoms with E-state index in [4.69, 9.17) is 5.73 Å². The fraction of sp³-hybridized carbons (Fsp3) is 0.375. The van der Waals surface area contributed by atoms with E-state index >= 15 is 0 Å². The first-order valence-corrected chi connectivity index (χ1v) is 8.64. The van der Waals surface area contributed by atoms with E-state index in [0.717, 1.165) is 26.2 Å². The number of likely N-dealkylation sites (tertiary alicyclic amines) is 1. The third-order valence-corrected chi connectivity index (χ3v) is 6.02. The van der Waals surface area contributed by atoms with E-state index in [2.05, 4.69) is 62.6 Å². The monoisotopic (exact) mass is 386 g/mol. The number of nitrogens with two attached hydrogens (primary N) is 1. The third-order valence-electron chi connectivity index (χ3n) is 4.11. The molecule has 1 saturated heterocycles. The minimum atomic E-state index is 0. The number of nitrogens with zero attached hydrogens (tertiary/aromatic N) is 1. The molecule has 2 atom stereocenters. The molecule has 1 aliphatic rings. The van der Waals surface area contributed by atoms with Crippen LogP contribution in [0.3, 0.4) is 0 Å². The second-order valence-corrected chi connectivity index (χ2v) is 7.25. The molecule has 0 unspecified atom stereocenters. The lowest BCUT2D eigenvalue weighted by atomic mass is 9.89. The van der Waals surface area contributed by atoms with Crippen LogP contribution in [0.4, 0.5) is 0 Å². The number of hydrogen-bond acceptors (Lipinski definition) is 3. The zero-order chi connectivity index (χ0) is 13.9. The summed E-state index contributed by atoms with van der Waals surface area (Å²) in [6, 6.07) is 12.9. The summed E-state index contributed by atoms with van der Waals surface area (Å²) in [6.07, 6.45) is 0. The molecular weight excluding hydrogens is 368 g/mol. The lowest BCUT2D eigenvalue weighted by Crippen LogP contribution is -2.23. The van der Waals surface area contributed by atoms with Crippen molar-refractivity contribution in [3.8, 4) is 0 Å². The molecule has 1 aliphatic heterocycles. The zero-order valence-electron chi connectivity index (χ0n) is 11.7. The molecule has 0 amide bonds. The lowest BCUT2D eigenvalue weighted by molar-refractivity contribution is 0.319. The number of benzene rings is 1. The summed E-state index contributed by atoms with van der Waals surface area (Å²) in [7, 11) is 0. The van der Waals surface area contributed by atoms with Crippen LogP contribution >= 0.6 is 39.7 Å². The van der Waals surface area contributed by atoms with Gasteiger partial charge in [0.05, 0.1) is 0 Å². The molecule has 3 rings (SSSR count). The topological polar surface area (TPSA) is 29.3 Å². The van der Waals surface area contributed by atoms with E-state index in [9.17, 15) is 0 Å². The van der Waals surface area contributed by atoms with Gasteiger partial charge < -0.3 is 5.73 Å². The minimum Gasteiger partial charge on any atom is -0.330 e. The maximum absolute atomic E-state index is 5.99. The van der Waals surface area contributed by atoms with Gasteiger partial charge in [0.25, 0.3) is 0 Å². The molecule has 2 N–H and O–H groups in total. The normalized spacial score (nSPS) is 22.2. The Morgan fingerprint density at radius 2 is 1.95 bits per heavy atom. The number of hydrogen-bond donors (Lipinski definition) is 1. The van der Waals surface area contributed by atoms with Gasteiger partial charge in [-0.25, -0.2) is 0 Å². The second kappa shape index (κ2) is 7.75. The van der Waals surface area contributed by atoms with Crippen LogP contribution in [-0.2, 0) is 6.54 Å². The van der Waals surface area contributed by atoms with Crippen molar-refractivity contribution >= 4 is 39.7 Å². The molecule has 5 heteroatoms. The fourth-order valence-electron chi connectivity index (χ4n) is 3.05. The molecule has 0 saturated carbocycles. The molecular formula is C16H20BrClN2S. The molecule has 1 fully saturated rings. The molecule has 0 spiro atoms. The van der Waals surface area contributed by atoms with Crippen LogP contribution in [-0.4, -0.2) is 24.5 Å². The third kappa shape index (κ3) is 3.88. The summed E-state index contributed by atoms with van der Waals surface area (Å²) >= 11 is 5.45. The van der Waals surface area contributed by atoms with E-state index in [0.29, 0.717) is 11.8 Å². The maximum atomic E-state index is 5.99. The summed E-state index contributed by atoms with van der Waals surface area (Å²) in [6.45, 7) is 4.00. The van der Waals surface area contributed by atoms with Gasteiger partial charge in [-0.05, 0) is 45.4 Å². The van der Waals surface area contributed by atoms with Crippen LogP contribution < -0.4 is 5.73 Å². The number of rotatable bonds is 4. The molecule has 0 radical (unpaired) electrons. The molecule has 2 heterocycles. The summed E-state index contributed by atoms with van der Waals surface area (Å²) < 4.78 is 1.23. The molecule has 21 heavy (non-hydrogen) atoms. The predicted octanol–water partition coefficient (Wildman–Crippen LogP) is 4.11. The lowest BCUT2D eigenvalue weighted by Gasteiger charge is -2.16. The Bertz CT molecular complexity index is 560. The predicted molar refractivity (Wildman–Crippen MR) is 96.3 cm³/mol. The van der Waals surface area contributed by atoms with Gasteiger partial charge in [-0.3, -0.25) is 4.90 Å². The van der Waals surface area contributed by atoms with E-state index in [1.807, 2.05) is 11.3 Å². The quantitative estimate of drug-likeness (QED) is 0.855. The van der Waals surface area contributed by atoms with Crippen molar-refractivity contribution < 1.29 is 0 Å². The second-order valence-electron chi connectivity index (χ2n) is 5.40. The Balaban J connectivity index is 0.00000161. The van der Waals surface area contributed by atoms with Gasteiger partial charge in [0, 0.05) is 34.9 Å². The van der Waals surface area contributed by atoms with Crippen molar-refractivity contribution in [1.82, 2.24) is 4.90 Å². The van der Waals surface area contributed by atoms with E-state index < -0.39 is 0 Å². The van der Waals surface area contributed by atoms with Gasteiger partial charge in [-0.2, -0.15) is 0 Å². The average Bonchev–Trinajstić information content (AvgIpc) is 3.07. The first kappa shape index (κ1) is 17.0. The fourth-order valence-corrected chi connectivity index (χ4v) is 4.57. The Morgan fingerprint density at radius 3 is 2.57 bits per heavy atom. The van der Waals surface area contributed by atoms with Crippen LogP contribution in [0.1, 0.15) is 16.4 Å². The van der Waals surface area contributed by atoms with E-state index in [-0.39, 0.29) is 12.4 Å². The standard InChI is InChI=1S/C16H19BrN2S.ClH/c17-15-6-7-20-16(15)11-19-9-13(8-18)14(10-19)12-4-2-1-3-5-12;/h1-7,13-14H,8-11,18H2;1H/t13-,14+;/m1./s1. The van der Waals surface area contributed by atoms with Crippen molar-refractivity contribution in [2.45, 2.75) is 12.5 Å². The van der Waals surface area contributed by atoms with Crippen molar-refractivity contribution in [3.63, 3.8) is 0 Å². The van der Waals surface area contributed by atoms with Crippen molar-refractivity contribution in [1.29, 1.82) is 0 Å². The highest BCUT2D eigenvalue weighted by atomic mass is 79.9. The van der Waals surface area contributed by atoms with Gasteiger partial charge >= 0.3 is 0 Å². The zero-order valence-corrected chi connectivity index (χ0v) is 15.0. The summed E-state index contributed by atoms with van der Waals surface area (Å²) in [5, 5.41) is 2.14. The Labute approximate surface area is 144 Å². The number of halogens is 2. The Kier molecular flexibility index (Phi) is 6.26. The summed E-state index contributed by atoms with van der Waals surface area (Å²) in [5.41, 5.74) is 7.42. The first-order valence-electron chi connectivity index (χ1n) is 6.97. The van der Waals surface area contributed by atoms with Crippen molar-refractivity contribution in [2.75, 3.05) is 19.6 Å². The van der Waals surface area contributed by atoms with Crippen LogP contribution in [0.25, 0.3) is 0 Å². The van der Waals surface area contributed by atoms with Crippen LogP contribution in [0.15, 0.2) is 46.3 Å². The SMILES string of the molecule is Cl.NC[C@@H]1CN(Cc2sccc2Br)C[C@H]1c1ccccc1. The van der Waals surface area contributed by atoms with Crippen LogP contribution in [0.5, 0.6) is 0 Å². The number of thiophene rings is 1. The van der Waals surface area contributed by atoms with Gasteiger partial charge in [-0.15, -0.1) is 23.7 Å². The maximum Gasteiger partial charge on any atom is 0.0339 e. The average molecular weight is 388 g/mol. The molecule has 1 aromatic heterocycles.